The van der Waals surface area contributed by atoms with Crippen LogP contribution >= 0.6 is 0 Å². The van der Waals surface area contributed by atoms with Crippen molar-refractivity contribution in [3.8, 4) is 11.5 Å². The van der Waals surface area contributed by atoms with Gasteiger partial charge >= 0.3 is 0 Å². The Morgan fingerprint density at radius 2 is 1.60 bits per heavy atom. The van der Waals surface area contributed by atoms with Crippen molar-refractivity contribution in [1.82, 2.24) is 0 Å². The van der Waals surface area contributed by atoms with Gasteiger partial charge in [0.15, 0.2) is 11.5 Å². The predicted octanol–water partition coefficient (Wildman–Crippen LogP) is 4.89. The van der Waals surface area contributed by atoms with Crippen LogP contribution in [0.3, 0.4) is 0 Å². The molecule has 0 amide bonds. The van der Waals surface area contributed by atoms with Crippen LogP contribution in [0.4, 0.5) is 0 Å². The molecule has 20 heavy (non-hydrogen) atoms. The van der Waals surface area contributed by atoms with Gasteiger partial charge in [0, 0.05) is 11.1 Å². The molecule has 0 bridgehead atoms. The highest BCUT2D eigenvalue weighted by atomic mass is 17.2. The van der Waals surface area contributed by atoms with Crippen molar-refractivity contribution in [2.45, 2.75) is 65.9 Å². The highest BCUT2D eigenvalue weighted by Gasteiger charge is 2.23. The standard InChI is InChI=1S/C16H26O4/c1-10(2)12-8-9-13(19-20-16(5,6)7)14(11(3)4)15(12)18-17/h8-11,17H,1-7H3. The molecule has 0 unspecified atom stereocenters. The molecule has 0 aliphatic heterocycles. The van der Waals surface area contributed by atoms with Crippen molar-refractivity contribution in [2.24, 2.45) is 0 Å². The van der Waals surface area contributed by atoms with Crippen molar-refractivity contribution >= 4 is 0 Å². The van der Waals surface area contributed by atoms with Gasteiger partial charge in [0.25, 0.3) is 0 Å². The average molecular weight is 282 g/mol. The van der Waals surface area contributed by atoms with Gasteiger partial charge in [-0.3, -0.25) is 0 Å². The van der Waals surface area contributed by atoms with E-state index in [0.717, 1.165) is 11.1 Å². The van der Waals surface area contributed by atoms with E-state index in [0.29, 0.717) is 11.5 Å². The minimum Gasteiger partial charge on any atom is -0.339 e. The number of benzene rings is 1. The summed E-state index contributed by atoms with van der Waals surface area (Å²) in [4.78, 5) is 15.5. The molecule has 1 N–H and O–H groups in total. The third kappa shape index (κ3) is 4.12. The number of hydrogen-bond donors (Lipinski definition) is 1. The lowest BCUT2D eigenvalue weighted by atomic mass is 9.93. The van der Waals surface area contributed by atoms with Crippen LogP contribution in [0.2, 0.25) is 0 Å². The first kappa shape index (κ1) is 16.8. The molecule has 0 spiro atoms. The normalized spacial score (nSPS) is 12.1. The van der Waals surface area contributed by atoms with Gasteiger partial charge in [0.1, 0.15) is 5.60 Å². The number of hydrogen-bond acceptors (Lipinski definition) is 4. The quantitative estimate of drug-likeness (QED) is 0.616. The van der Waals surface area contributed by atoms with Crippen LogP contribution in [0, 0.1) is 0 Å². The van der Waals surface area contributed by atoms with Crippen LogP contribution in [-0.2, 0) is 4.89 Å². The van der Waals surface area contributed by atoms with E-state index in [1.54, 1.807) is 0 Å². The maximum atomic E-state index is 9.25. The molecule has 4 heteroatoms. The highest BCUT2D eigenvalue weighted by Crippen LogP contribution is 2.40. The molecular formula is C16H26O4. The fourth-order valence-electron chi connectivity index (χ4n) is 1.94. The lowest BCUT2D eigenvalue weighted by Gasteiger charge is -2.22. The molecule has 0 heterocycles. The first-order valence-corrected chi connectivity index (χ1v) is 7.01. The maximum Gasteiger partial charge on any atom is 0.175 e. The molecule has 0 fully saturated rings. The predicted molar refractivity (Wildman–Crippen MR) is 79.3 cm³/mol. The van der Waals surface area contributed by atoms with E-state index in [2.05, 4.69) is 4.89 Å². The smallest absolute Gasteiger partial charge is 0.175 e. The van der Waals surface area contributed by atoms with Crippen LogP contribution in [0.25, 0.3) is 0 Å². The lowest BCUT2D eigenvalue weighted by Crippen LogP contribution is -2.22. The fourth-order valence-corrected chi connectivity index (χ4v) is 1.94. The summed E-state index contributed by atoms with van der Waals surface area (Å²) < 4.78 is 0. The van der Waals surface area contributed by atoms with Crippen LogP contribution in [-0.4, -0.2) is 10.9 Å². The van der Waals surface area contributed by atoms with Crippen LogP contribution in [0.5, 0.6) is 11.5 Å². The Morgan fingerprint density at radius 3 is 2.00 bits per heavy atom. The summed E-state index contributed by atoms with van der Waals surface area (Å²) >= 11 is 0. The van der Waals surface area contributed by atoms with Crippen molar-refractivity contribution in [2.75, 3.05) is 0 Å². The Bertz CT molecular complexity index is 445. The third-order valence-corrected chi connectivity index (χ3v) is 2.86. The minimum absolute atomic E-state index is 0.134. The molecule has 0 atom stereocenters. The summed E-state index contributed by atoms with van der Waals surface area (Å²) in [5.41, 5.74) is 1.34. The van der Waals surface area contributed by atoms with Gasteiger partial charge in [-0.15, -0.1) is 0 Å². The maximum absolute atomic E-state index is 9.25. The lowest BCUT2D eigenvalue weighted by molar-refractivity contribution is -0.275. The Hall–Kier alpha value is -1.26. The van der Waals surface area contributed by atoms with E-state index >= 15 is 0 Å². The third-order valence-electron chi connectivity index (χ3n) is 2.86. The van der Waals surface area contributed by atoms with Gasteiger partial charge in [-0.25, -0.2) is 5.26 Å². The number of rotatable bonds is 5. The molecule has 0 saturated heterocycles. The van der Waals surface area contributed by atoms with Crippen molar-refractivity contribution in [3.05, 3.63) is 23.3 Å². The topological polar surface area (TPSA) is 47.9 Å². The van der Waals surface area contributed by atoms with Gasteiger partial charge in [0.05, 0.1) is 0 Å². The second kappa shape index (κ2) is 6.46. The highest BCUT2D eigenvalue weighted by molar-refractivity contribution is 5.52. The molecule has 0 aromatic heterocycles. The summed E-state index contributed by atoms with van der Waals surface area (Å²) in [6.07, 6.45) is 0. The molecule has 1 rings (SSSR count). The van der Waals surface area contributed by atoms with Crippen LogP contribution in [0.15, 0.2) is 12.1 Å². The fraction of sp³-hybridized carbons (Fsp3) is 0.625. The zero-order valence-corrected chi connectivity index (χ0v) is 13.5. The van der Waals surface area contributed by atoms with Crippen LogP contribution < -0.4 is 9.78 Å². The molecular weight excluding hydrogens is 256 g/mol. The summed E-state index contributed by atoms with van der Waals surface area (Å²) in [5, 5.41) is 9.25. The van der Waals surface area contributed by atoms with E-state index in [-0.39, 0.29) is 11.8 Å². The molecule has 0 aliphatic carbocycles. The monoisotopic (exact) mass is 282 g/mol. The molecule has 0 aliphatic rings. The zero-order chi connectivity index (χ0) is 15.5. The van der Waals surface area contributed by atoms with E-state index in [1.807, 2.05) is 60.6 Å². The average Bonchev–Trinajstić information content (AvgIpc) is 2.33. The Morgan fingerprint density at radius 1 is 1.00 bits per heavy atom. The van der Waals surface area contributed by atoms with Crippen molar-refractivity contribution in [3.63, 3.8) is 0 Å². The van der Waals surface area contributed by atoms with Gasteiger partial charge in [-0.1, -0.05) is 33.8 Å². The Labute approximate surface area is 121 Å². The van der Waals surface area contributed by atoms with Gasteiger partial charge < -0.3 is 9.78 Å². The molecule has 4 nitrogen and oxygen atoms in total. The van der Waals surface area contributed by atoms with Gasteiger partial charge in [0.2, 0.25) is 0 Å². The van der Waals surface area contributed by atoms with E-state index in [4.69, 9.17) is 9.78 Å². The van der Waals surface area contributed by atoms with Crippen LogP contribution in [0.1, 0.15) is 71.4 Å². The zero-order valence-electron chi connectivity index (χ0n) is 13.5. The Kier molecular flexibility index (Phi) is 5.42. The molecule has 0 radical (unpaired) electrons. The minimum atomic E-state index is -0.412. The van der Waals surface area contributed by atoms with E-state index in [9.17, 15) is 5.26 Å². The van der Waals surface area contributed by atoms with Gasteiger partial charge in [-0.2, -0.15) is 4.89 Å². The van der Waals surface area contributed by atoms with Gasteiger partial charge in [-0.05, 0) is 38.7 Å². The molecule has 1 aromatic rings. The SMILES string of the molecule is CC(C)c1ccc(OOC(C)(C)C)c(C(C)C)c1OO. The largest absolute Gasteiger partial charge is 0.339 e. The Balaban J connectivity index is 3.25. The summed E-state index contributed by atoms with van der Waals surface area (Å²) in [6.45, 7) is 13.9. The first-order chi connectivity index (χ1) is 9.17. The second-order valence-corrected chi connectivity index (χ2v) is 6.58. The van der Waals surface area contributed by atoms with E-state index < -0.39 is 5.60 Å². The summed E-state index contributed by atoms with van der Waals surface area (Å²) in [6, 6.07) is 3.75. The second-order valence-electron chi connectivity index (χ2n) is 6.58. The van der Waals surface area contributed by atoms with E-state index in [1.165, 1.54) is 0 Å². The summed E-state index contributed by atoms with van der Waals surface area (Å²) in [7, 11) is 0. The van der Waals surface area contributed by atoms with Crippen molar-refractivity contribution in [1.29, 1.82) is 0 Å². The first-order valence-electron chi connectivity index (χ1n) is 7.01. The molecule has 0 saturated carbocycles. The van der Waals surface area contributed by atoms with Crippen molar-refractivity contribution < 1.29 is 19.9 Å². The molecule has 114 valence electrons. The summed E-state index contributed by atoms with van der Waals surface area (Å²) in [5.74, 6) is 1.41. The molecule has 1 aromatic carbocycles.